The van der Waals surface area contributed by atoms with E-state index in [2.05, 4.69) is 20.5 Å². The molecule has 2 aromatic rings. The molecule has 0 atom stereocenters. The monoisotopic (exact) mass is 265 g/mol. The third-order valence-electron chi connectivity index (χ3n) is 2.53. The highest BCUT2D eigenvalue weighted by atomic mass is 16.5. The number of hydrogen-bond donors (Lipinski definition) is 1. The zero-order valence-electron chi connectivity index (χ0n) is 10.6. The quantitative estimate of drug-likeness (QED) is 0.738. The van der Waals surface area contributed by atoms with Gasteiger partial charge in [-0.3, -0.25) is 4.79 Å². The molecule has 0 aliphatic carbocycles. The van der Waals surface area contributed by atoms with Gasteiger partial charge >= 0.3 is 5.97 Å². The van der Waals surface area contributed by atoms with Crippen molar-refractivity contribution in [2.45, 2.75) is 39.2 Å². The molecule has 0 saturated carbocycles. The minimum Gasteiger partial charge on any atom is -0.481 e. The Morgan fingerprint density at radius 1 is 1.47 bits per heavy atom. The predicted octanol–water partition coefficient (Wildman–Crippen LogP) is 0.815. The third kappa shape index (κ3) is 4.16. The van der Waals surface area contributed by atoms with E-state index in [0.717, 1.165) is 18.5 Å². The number of rotatable bonds is 7. The molecule has 8 heteroatoms. The van der Waals surface area contributed by atoms with Crippen LogP contribution in [0.25, 0.3) is 0 Å². The molecular formula is C11H15N5O3. The highest BCUT2D eigenvalue weighted by Gasteiger charge is 2.06. The SMILES string of the molecule is Cc1noc(Cn2cc(CCCCC(=O)O)nn2)n1. The summed E-state index contributed by atoms with van der Waals surface area (Å²) in [7, 11) is 0. The molecule has 0 spiro atoms. The number of hydrogen-bond acceptors (Lipinski definition) is 6. The van der Waals surface area contributed by atoms with Crippen molar-refractivity contribution in [1.29, 1.82) is 0 Å². The van der Waals surface area contributed by atoms with Crippen LogP contribution in [0.3, 0.4) is 0 Å². The van der Waals surface area contributed by atoms with Crippen LogP contribution in [0.5, 0.6) is 0 Å². The topological polar surface area (TPSA) is 107 Å². The molecular weight excluding hydrogens is 250 g/mol. The number of aryl methyl sites for hydroxylation is 2. The van der Waals surface area contributed by atoms with Gasteiger partial charge in [-0.2, -0.15) is 4.98 Å². The second kappa shape index (κ2) is 6.07. The molecule has 19 heavy (non-hydrogen) atoms. The van der Waals surface area contributed by atoms with Crippen LogP contribution in [0, 0.1) is 6.92 Å². The first-order valence-electron chi connectivity index (χ1n) is 6.03. The van der Waals surface area contributed by atoms with E-state index in [1.54, 1.807) is 17.8 Å². The van der Waals surface area contributed by atoms with Gasteiger partial charge in [0.05, 0.1) is 5.69 Å². The number of unbranched alkanes of at least 4 members (excludes halogenated alkanes) is 1. The summed E-state index contributed by atoms with van der Waals surface area (Å²) in [5, 5.41) is 20.2. The highest BCUT2D eigenvalue weighted by Crippen LogP contribution is 2.05. The molecule has 0 aliphatic rings. The van der Waals surface area contributed by atoms with Crippen LogP contribution in [-0.2, 0) is 17.8 Å². The van der Waals surface area contributed by atoms with Crippen molar-refractivity contribution in [2.75, 3.05) is 0 Å². The summed E-state index contributed by atoms with van der Waals surface area (Å²) in [4.78, 5) is 14.4. The van der Waals surface area contributed by atoms with Gasteiger partial charge in [0.2, 0.25) is 5.89 Å². The summed E-state index contributed by atoms with van der Waals surface area (Å²) in [6, 6.07) is 0. The Hall–Kier alpha value is -2.25. The fourth-order valence-electron chi connectivity index (χ4n) is 1.66. The molecule has 2 aromatic heterocycles. The number of carboxylic acid groups (broad SMARTS) is 1. The number of carbonyl (C=O) groups is 1. The van der Waals surface area contributed by atoms with E-state index in [9.17, 15) is 4.79 Å². The van der Waals surface area contributed by atoms with Crippen LogP contribution in [0.1, 0.15) is 36.7 Å². The molecule has 2 rings (SSSR count). The van der Waals surface area contributed by atoms with Crippen molar-refractivity contribution in [3.8, 4) is 0 Å². The average Bonchev–Trinajstić information content (AvgIpc) is 2.95. The molecule has 0 aliphatic heterocycles. The molecule has 0 fully saturated rings. The molecule has 1 N–H and O–H groups in total. The number of aromatic nitrogens is 5. The van der Waals surface area contributed by atoms with Gasteiger partial charge in [0, 0.05) is 12.6 Å². The molecule has 0 radical (unpaired) electrons. The fraction of sp³-hybridized carbons (Fsp3) is 0.545. The van der Waals surface area contributed by atoms with Gasteiger partial charge in [0.15, 0.2) is 5.82 Å². The minimum atomic E-state index is -0.768. The summed E-state index contributed by atoms with van der Waals surface area (Å²) >= 11 is 0. The predicted molar refractivity (Wildman–Crippen MR) is 63.3 cm³/mol. The summed E-state index contributed by atoms with van der Waals surface area (Å²) in [6.45, 7) is 2.14. The van der Waals surface area contributed by atoms with E-state index in [1.807, 2.05) is 0 Å². The Morgan fingerprint density at radius 3 is 3.00 bits per heavy atom. The molecule has 0 unspecified atom stereocenters. The lowest BCUT2D eigenvalue weighted by atomic mass is 10.1. The summed E-state index contributed by atoms with van der Waals surface area (Å²) < 4.78 is 6.61. The van der Waals surface area contributed by atoms with Gasteiger partial charge in [-0.15, -0.1) is 5.10 Å². The van der Waals surface area contributed by atoms with Crippen molar-refractivity contribution < 1.29 is 14.4 Å². The molecule has 0 bridgehead atoms. The van der Waals surface area contributed by atoms with Crippen molar-refractivity contribution in [1.82, 2.24) is 25.1 Å². The Kier molecular flexibility index (Phi) is 4.22. The lowest BCUT2D eigenvalue weighted by Gasteiger charge is -1.94. The molecule has 2 heterocycles. The van der Waals surface area contributed by atoms with Crippen LogP contribution in [0.4, 0.5) is 0 Å². The van der Waals surface area contributed by atoms with Gasteiger partial charge in [-0.1, -0.05) is 10.4 Å². The van der Waals surface area contributed by atoms with E-state index in [0.29, 0.717) is 24.7 Å². The largest absolute Gasteiger partial charge is 0.481 e. The van der Waals surface area contributed by atoms with Gasteiger partial charge < -0.3 is 9.63 Å². The zero-order valence-corrected chi connectivity index (χ0v) is 10.6. The molecule has 0 amide bonds. The first-order chi connectivity index (χ1) is 9.13. The fourth-order valence-corrected chi connectivity index (χ4v) is 1.66. The standard InChI is InChI=1S/C11H15N5O3/c1-8-12-10(19-14-8)7-16-6-9(13-15-16)4-2-3-5-11(17)18/h6H,2-5,7H2,1H3,(H,17,18). The molecule has 0 saturated heterocycles. The average molecular weight is 265 g/mol. The van der Waals surface area contributed by atoms with E-state index in [-0.39, 0.29) is 6.42 Å². The first kappa shape index (κ1) is 13.2. The summed E-state index contributed by atoms with van der Waals surface area (Å²) in [6.07, 6.45) is 4.14. The van der Waals surface area contributed by atoms with Crippen LogP contribution in [0.2, 0.25) is 0 Å². The smallest absolute Gasteiger partial charge is 0.303 e. The molecule has 0 aromatic carbocycles. The van der Waals surface area contributed by atoms with E-state index in [1.165, 1.54) is 0 Å². The molecule has 8 nitrogen and oxygen atoms in total. The highest BCUT2D eigenvalue weighted by molar-refractivity contribution is 5.66. The van der Waals surface area contributed by atoms with E-state index >= 15 is 0 Å². The summed E-state index contributed by atoms with van der Waals surface area (Å²) in [5.41, 5.74) is 0.835. The van der Waals surface area contributed by atoms with Crippen molar-refractivity contribution in [3.63, 3.8) is 0 Å². The van der Waals surface area contributed by atoms with Crippen LogP contribution in [0.15, 0.2) is 10.7 Å². The van der Waals surface area contributed by atoms with Gasteiger partial charge in [0.25, 0.3) is 0 Å². The zero-order chi connectivity index (χ0) is 13.7. The van der Waals surface area contributed by atoms with Crippen LogP contribution in [-0.4, -0.2) is 36.2 Å². The summed E-state index contributed by atoms with van der Waals surface area (Å²) in [5.74, 6) is 0.305. The second-order valence-electron chi connectivity index (χ2n) is 4.24. The van der Waals surface area contributed by atoms with Gasteiger partial charge in [-0.25, -0.2) is 4.68 Å². The number of carboxylic acids is 1. The van der Waals surface area contributed by atoms with E-state index < -0.39 is 5.97 Å². The van der Waals surface area contributed by atoms with Crippen molar-refractivity contribution in [3.05, 3.63) is 23.6 Å². The number of aliphatic carboxylic acids is 1. The van der Waals surface area contributed by atoms with Crippen LogP contribution < -0.4 is 0 Å². The normalized spacial score (nSPS) is 10.8. The maximum Gasteiger partial charge on any atom is 0.303 e. The second-order valence-corrected chi connectivity index (χ2v) is 4.24. The third-order valence-corrected chi connectivity index (χ3v) is 2.53. The molecule has 102 valence electrons. The van der Waals surface area contributed by atoms with Crippen LogP contribution >= 0.6 is 0 Å². The first-order valence-corrected chi connectivity index (χ1v) is 6.03. The van der Waals surface area contributed by atoms with Gasteiger partial charge in [0.1, 0.15) is 6.54 Å². The van der Waals surface area contributed by atoms with Crippen molar-refractivity contribution >= 4 is 5.97 Å². The van der Waals surface area contributed by atoms with Gasteiger partial charge in [-0.05, 0) is 26.2 Å². The van der Waals surface area contributed by atoms with E-state index in [4.69, 9.17) is 9.63 Å². The number of nitrogens with zero attached hydrogens (tertiary/aromatic N) is 5. The lowest BCUT2D eigenvalue weighted by Crippen LogP contribution is -2.00. The lowest BCUT2D eigenvalue weighted by molar-refractivity contribution is -0.137. The Bertz CT molecular complexity index is 548. The minimum absolute atomic E-state index is 0.190. The Balaban J connectivity index is 1.80. The Labute approximate surface area is 109 Å². The van der Waals surface area contributed by atoms with Crippen molar-refractivity contribution in [2.24, 2.45) is 0 Å². The maximum absolute atomic E-state index is 10.4. The maximum atomic E-state index is 10.4. The Morgan fingerprint density at radius 2 is 2.32 bits per heavy atom.